The summed E-state index contributed by atoms with van der Waals surface area (Å²) in [6.45, 7) is 8.15. The number of pyridine rings is 1. The van der Waals surface area contributed by atoms with Crippen LogP contribution < -0.4 is 5.73 Å². The highest BCUT2D eigenvalue weighted by molar-refractivity contribution is 6.00. The standard InChI is InChI=1S/C17H20N2O/c1-11-15(16(18)20)13(12-8-6-5-7-9-12)10-14(19-11)17(2,3)4/h5-10H,1-4H3,(H2,18,20). The smallest absolute Gasteiger partial charge is 0.251 e. The SMILES string of the molecule is Cc1nc(C(C)(C)C)cc(-c2ccccc2)c1C(N)=O. The van der Waals surface area contributed by atoms with Gasteiger partial charge in [-0.1, -0.05) is 51.1 Å². The molecule has 0 aliphatic carbocycles. The molecule has 1 amide bonds. The number of amides is 1. The van der Waals surface area contributed by atoms with E-state index in [1.165, 1.54) is 0 Å². The van der Waals surface area contributed by atoms with Crippen molar-refractivity contribution in [2.45, 2.75) is 33.1 Å². The lowest BCUT2D eigenvalue weighted by atomic mass is 9.87. The summed E-state index contributed by atoms with van der Waals surface area (Å²) in [5.41, 5.74) is 9.44. The fraction of sp³-hybridized carbons (Fsp3) is 0.294. The van der Waals surface area contributed by atoms with Gasteiger partial charge in [-0.2, -0.15) is 0 Å². The number of aryl methyl sites for hydroxylation is 1. The Bertz CT molecular complexity index is 640. The van der Waals surface area contributed by atoms with Crippen molar-refractivity contribution in [3.63, 3.8) is 0 Å². The van der Waals surface area contributed by atoms with E-state index >= 15 is 0 Å². The Morgan fingerprint density at radius 2 is 1.75 bits per heavy atom. The van der Waals surface area contributed by atoms with E-state index in [4.69, 9.17) is 5.73 Å². The molecule has 1 heterocycles. The highest BCUT2D eigenvalue weighted by Gasteiger charge is 2.21. The average Bonchev–Trinajstić information content (AvgIpc) is 2.37. The maximum atomic E-state index is 11.8. The maximum absolute atomic E-state index is 11.8. The summed E-state index contributed by atoms with van der Waals surface area (Å²) in [7, 11) is 0. The average molecular weight is 268 g/mol. The lowest BCUT2D eigenvalue weighted by Gasteiger charge is -2.21. The number of carbonyl (C=O) groups is 1. The van der Waals surface area contributed by atoms with Crippen LogP contribution in [0.15, 0.2) is 36.4 Å². The number of hydrogen-bond donors (Lipinski definition) is 1. The minimum absolute atomic E-state index is 0.0789. The summed E-state index contributed by atoms with van der Waals surface area (Å²) < 4.78 is 0. The number of primary amides is 1. The molecule has 0 spiro atoms. The zero-order chi connectivity index (χ0) is 14.9. The van der Waals surface area contributed by atoms with Gasteiger partial charge in [-0.25, -0.2) is 0 Å². The highest BCUT2D eigenvalue weighted by atomic mass is 16.1. The van der Waals surface area contributed by atoms with Gasteiger partial charge >= 0.3 is 0 Å². The van der Waals surface area contributed by atoms with E-state index in [1.807, 2.05) is 43.3 Å². The Labute approximate surface area is 119 Å². The molecular formula is C17H20N2O. The number of hydrogen-bond acceptors (Lipinski definition) is 2. The zero-order valence-corrected chi connectivity index (χ0v) is 12.4. The van der Waals surface area contributed by atoms with E-state index in [0.29, 0.717) is 11.3 Å². The molecule has 104 valence electrons. The molecule has 0 unspecified atom stereocenters. The van der Waals surface area contributed by atoms with Crippen LogP contribution in [0.2, 0.25) is 0 Å². The number of nitrogens with zero attached hydrogens (tertiary/aromatic N) is 1. The fourth-order valence-corrected chi connectivity index (χ4v) is 2.21. The first-order valence-corrected chi connectivity index (χ1v) is 6.68. The van der Waals surface area contributed by atoms with Crippen molar-refractivity contribution in [3.05, 3.63) is 53.3 Å². The predicted molar refractivity (Wildman–Crippen MR) is 81.6 cm³/mol. The van der Waals surface area contributed by atoms with Crippen molar-refractivity contribution < 1.29 is 4.79 Å². The Balaban J connectivity index is 2.75. The van der Waals surface area contributed by atoms with Crippen LogP contribution in [-0.4, -0.2) is 10.9 Å². The molecule has 2 rings (SSSR count). The first kappa shape index (κ1) is 14.3. The van der Waals surface area contributed by atoms with Crippen LogP contribution in [-0.2, 0) is 5.41 Å². The Hall–Kier alpha value is -2.16. The molecule has 0 fully saturated rings. The molecule has 0 radical (unpaired) electrons. The zero-order valence-electron chi connectivity index (χ0n) is 12.4. The summed E-state index contributed by atoms with van der Waals surface area (Å²) in [5.74, 6) is -0.436. The van der Waals surface area contributed by atoms with Crippen molar-refractivity contribution in [2.75, 3.05) is 0 Å². The summed E-state index contributed by atoms with van der Waals surface area (Å²) >= 11 is 0. The van der Waals surface area contributed by atoms with Crippen LogP contribution in [0.5, 0.6) is 0 Å². The van der Waals surface area contributed by atoms with E-state index in [2.05, 4.69) is 25.8 Å². The van der Waals surface area contributed by atoms with Gasteiger partial charge in [0, 0.05) is 11.1 Å². The van der Waals surface area contributed by atoms with Gasteiger partial charge in [-0.05, 0) is 24.1 Å². The van der Waals surface area contributed by atoms with Crippen LogP contribution in [0.25, 0.3) is 11.1 Å². The normalized spacial score (nSPS) is 11.4. The Morgan fingerprint density at radius 3 is 2.25 bits per heavy atom. The van der Waals surface area contributed by atoms with E-state index in [1.54, 1.807) is 0 Å². The van der Waals surface area contributed by atoms with Crippen LogP contribution >= 0.6 is 0 Å². The third kappa shape index (κ3) is 2.72. The summed E-state index contributed by atoms with van der Waals surface area (Å²) in [4.78, 5) is 16.3. The molecule has 0 aliphatic heterocycles. The molecule has 1 aromatic heterocycles. The molecule has 0 atom stereocenters. The highest BCUT2D eigenvalue weighted by Crippen LogP contribution is 2.30. The molecule has 0 saturated carbocycles. The number of rotatable bonds is 2. The molecule has 2 aromatic rings. The third-order valence-electron chi connectivity index (χ3n) is 3.30. The van der Waals surface area contributed by atoms with Crippen molar-refractivity contribution >= 4 is 5.91 Å². The summed E-state index contributed by atoms with van der Waals surface area (Å²) in [5, 5.41) is 0. The van der Waals surface area contributed by atoms with Crippen LogP contribution in [0, 0.1) is 6.92 Å². The summed E-state index contributed by atoms with van der Waals surface area (Å²) in [6, 6.07) is 11.8. The van der Waals surface area contributed by atoms with Gasteiger partial charge in [-0.15, -0.1) is 0 Å². The van der Waals surface area contributed by atoms with E-state index in [0.717, 1.165) is 16.8 Å². The lowest BCUT2D eigenvalue weighted by Crippen LogP contribution is -2.20. The van der Waals surface area contributed by atoms with Gasteiger partial charge in [0.1, 0.15) is 0 Å². The first-order valence-electron chi connectivity index (χ1n) is 6.68. The number of benzene rings is 1. The second-order valence-corrected chi connectivity index (χ2v) is 6.00. The Kier molecular flexibility index (Phi) is 3.62. The molecule has 3 heteroatoms. The van der Waals surface area contributed by atoms with Crippen molar-refractivity contribution in [1.29, 1.82) is 0 Å². The lowest BCUT2D eigenvalue weighted by molar-refractivity contribution is 0.1000. The predicted octanol–water partition coefficient (Wildman–Crippen LogP) is 3.45. The topological polar surface area (TPSA) is 56.0 Å². The molecule has 0 saturated heterocycles. The molecule has 0 aliphatic rings. The second-order valence-electron chi connectivity index (χ2n) is 6.00. The molecule has 0 bridgehead atoms. The quantitative estimate of drug-likeness (QED) is 0.906. The molecule has 3 nitrogen and oxygen atoms in total. The number of carbonyl (C=O) groups excluding carboxylic acids is 1. The van der Waals surface area contributed by atoms with Crippen molar-refractivity contribution in [1.82, 2.24) is 4.98 Å². The van der Waals surface area contributed by atoms with Crippen LogP contribution in [0.3, 0.4) is 0 Å². The van der Waals surface area contributed by atoms with Gasteiger partial charge in [0.25, 0.3) is 5.91 Å². The van der Waals surface area contributed by atoms with Gasteiger partial charge in [0.15, 0.2) is 0 Å². The van der Waals surface area contributed by atoms with Crippen molar-refractivity contribution in [3.8, 4) is 11.1 Å². The maximum Gasteiger partial charge on any atom is 0.251 e. The third-order valence-corrected chi connectivity index (χ3v) is 3.30. The number of aromatic nitrogens is 1. The van der Waals surface area contributed by atoms with Crippen molar-refractivity contribution in [2.24, 2.45) is 5.73 Å². The van der Waals surface area contributed by atoms with Crippen LogP contribution in [0.4, 0.5) is 0 Å². The fourth-order valence-electron chi connectivity index (χ4n) is 2.21. The van der Waals surface area contributed by atoms with Gasteiger partial charge in [0.2, 0.25) is 0 Å². The van der Waals surface area contributed by atoms with Gasteiger partial charge in [-0.3, -0.25) is 9.78 Å². The number of nitrogens with two attached hydrogens (primary N) is 1. The van der Waals surface area contributed by atoms with E-state index < -0.39 is 5.91 Å². The van der Waals surface area contributed by atoms with E-state index in [9.17, 15) is 4.79 Å². The van der Waals surface area contributed by atoms with E-state index in [-0.39, 0.29) is 5.41 Å². The minimum atomic E-state index is -0.436. The molecule has 2 N–H and O–H groups in total. The van der Waals surface area contributed by atoms with Gasteiger partial charge < -0.3 is 5.73 Å². The summed E-state index contributed by atoms with van der Waals surface area (Å²) in [6.07, 6.45) is 0. The Morgan fingerprint density at radius 1 is 1.15 bits per heavy atom. The van der Waals surface area contributed by atoms with Gasteiger partial charge in [0.05, 0.1) is 11.3 Å². The second kappa shape index (κ2) is 5.08. The molecular weight excluding hydrogens is 248 g/mol. The molecule has 1 aromatic carbocycles. The largest absolute Gasteiger partial charge is 0.366 e. The monoisotopic (exact) mass is 268 g/mol. The molecule has 20 heavy (non-hydrogen) atoms. The minimum Gasteiger partial charge on any atom is -0.366 e. The first-order chi connectivity index (χ1) is 9.30. The van der Waals surface area contributed by atoms with Crippen LogP contribution in [0.1, 0.15) is 42.5 Å².